The van der Waals surface area contributed by atoms with Gasteiger partial charge < -0.3 is 9.80 Å². The van der Waals surface area contributed by atoms with Crippen molar-refractivity contribution >= 4 is 23.5 Å². The predicted octanol–water partition coefficient (Wildman–Crippen LogP) is 1.75. The molecule has 2 aliphatic rings. The molecule has 0 saturated carbocycles. The largest absolute Gasteiger partial charge is 0.353 e. The summed E-state index contributed by atoms with van der Waals surface area (Å²) in [6.07, 6.45) is 3.95. The molecule has 0 radical (unpaired) electrons. The van der Waals surface area contributed by atoms with Crippen LogP contribution < -0.4 is 10.2 Å². The van der Waals surface area contributed by atoms with Crippen LogP contribution in [-0.4, -0.2) is 58.8 Å². The SMILES string of the molecule is CCC1(c2ccc(C(=O)N3CCN(c4ncc(C)cc4C)CC3)cn2)CC(=O)NC1=O. The van der Waals surface area contributed by atoms with Crippen molar-refractivity contribution in [2.45, 2.75) is 39.0 Å². The highest BCUT2D eigenvalue weighted by Crippen LogP contribution is 2.34. The number of rotatable bonds is 4. The van der Waals surface area contributed by atoms with Gasteiger partial charge in [0.15, 0.2) is 0 Å². The molecule has 1 atom stereocenters. The lowest BCUT2D eigenvalue weighted by Gasteiger charge is -2.36. The summed E-state index contributed by atoms with van der Waals surface area (Å²) in [6.45, 7) is 8.59. The fourth-order valence-corrected chi connectivity index (χ4v) is 4.46. The summed E-state index contributed by atoms with van der Waals surface area (Å²) in [5.74, 6) is 0.287. The van der Waals surface area contributed by atoms with Gasteiger partial charge in [-0.05, 0) is 43.5 Å². The smallest absolute Gasteiger partial charge is 0.255 e. The highest BCUT2D eigenvalue weighted by atomic mass is 16.2. The van der Waals surface area contributed by atoms with Crippen molar-refractivity contribution in [3.8, 4) is 0 Å². The second-order valence-corrected chi connectivity index (χ2v) is 8.35. The first-order valence-corrected chi connectivity index (χ1v) is 10.6. The van der Waals surface area contributed by atoms with Crippen molar-refractivity contribution in [2.24, 2.45) is 0 Å². The molecule has 162 valence electrons. The maximum absolute atomic E-state index is 13.0. The van der Waals surface area contributed by atoms with Gasteiger partial charge >= 0.3 is 0 Å². The number of aromatic nitrogens is 2. The van der Waals surface area contributed by atoms with Crippen LogP contribution in [0.25, 0.3) is 0 Å². The summed E-state index contributed by atoms with van der Waals surface area (Å²) in [6, 6.07) is 5.52. The first kappa shape index (κ1) is 21.0. The minimum absolute atomic E-state index is 0.0789. The lowest BCUT2D eigenvalue weighted by atomic mass is 9.79. The molecule has 2 aliphatic heterocycles. The Morgan fingerprint density at radius 2 is 1.84 bits per heavy atom. The normalized spacial score (nSPS) is 21.4. The van der Waals surface area contributed by atoms with Crippen LogP contribution >= 0.6 is 0 Å². The van der Waals surface area contributed by atoms with Gasteiger partial charge in [0, 0.05) is 45.0 Å². The van der Waals surface area contributed by atoms with Crippen LogP contribution in [0.2, 0.25) is 0 Å². The first-order chi connectivity index (χ1) is 14.8. The van der Waals surface area contributed by atoms with E-state index < -0.39 is 5.41 Å². The number of carbonyl (C=O) groups excluding carboxylic acids is 3. The van der Waals surface area contributed by atoms with Gasteiger partial charge in [-0.3, -0.25) is 24.7 Å². The number of nitrogens with one attached hydrogen (secondary N) is 1. The summed E-state index contributed by atoms with van der Waals surface area (Å²) in [4.78, 5) is 50.0. The fourth-order valence-electron chi connectivity index (χ4n) is 4.46. The van der Waals surface area contributed by atoms with Crippen molar-refractivity contribution in [3.05, 3.63) is 53.0 Å². The third-order valence-electron chi connectivity index (χ3n) is 6.31. The number of carbonyl (C=O) groups is 3. The van der Waals surface area contributed by atoms with E-state index in [0.717, 1.165) is 30.0 Å². The van der Waals surface area contributed by atoms with E-state index in [2.05, 4.69) is 33.2 Å². The second-order valence-electron chi connectivity index (χ2n) is 8.35. The van der Waals surface area contributed by atoms with Gasteiger partial charge in [-0.2, -0.15) is 0 Å². The molecule has 4 rings (SSSR count). The van der Waals surface area contributed by atoms with E-state index in [1.165, 1.54) is 6.20 Å². The molecule has 2 aromatic rings. The van der Waals surface area contributed by atoms with Gasteiger partial charge in [-0.25, -0.2) is 4.98 Å². The Morgan fingerprint density at radius 1 is 1.10 bits per heavy atom. The number of nitrogens with zero attached hydrogens (tertiary/aromatic N) is 4. The summed E-state index contributed by atoms with van der Waals surface area (Å²) in [7, 11) is 0. The van der Waals surface area contributed by atoms with E-state index in [1.54, 1.807) is 12.1 Å². The van der Waals surface area contributed by atoms with Crippen LogP contribution in [0.4, 0.5) is 5.82 Å². The molecule has 1 unspecified atom stereocenters. The van der Waals surface area contributed by atoms with Gasteiger partial charge in [0.05, 0.1) is 11.3 Å². The number of imide groups is 1. The van der Waals surface area contributed by atoms with Crippen molar-refractivity contribution in [2.75, 3.05) is 31.1 Å². The van der Waals surface area contributed by atoms with Crippen molar-refractivity contribution in [3.63, 3.8) is 0 Å². The molecule has 31 heavy (non-hydrogen) atoms. The van der Waals surface area contributed by atoms with Crippen molar-refractivity contribution < 1.29 is 14.4 Å². The third kappa shape index (κ3) is 3.78. The summed E-state index contributed by atoms with van der Waals surface area (Å²) in [5.41, 5.74) is 2.34. The Balaban J connectivity index is 1.44. The van der Waals surface area contributed by atoms with E-state index >= 15 is 0 Å². The van der Waals surface area contributed by atoms with E-state index in [9.17, 15) is 14.4 Å². The van der Waals surface area contributed by atoms with Crippen LogP contribution in [-0.2, 0) is 15.0 Å². The summed E-state index contributed by atoms with van der Waals surface area (Å²) in [5, 5.41) is 2.37. The van der Waals surface area contributed by atoms with E-state index in [-0.39, 0.29) is 24.1 Å². The van der Waals surface area contributed by atoms with Crippen LogP contribution in [0, 0.1) is 13.8 Å². The fraction of sp³-hybridized carbons (Fsp3) is 0.435. The molecular weight excluding hydrogens is 394 g/mol. The Morgan fingerprint density at radius 3 is 2.39 bits per heavy atom. The Bertz CT molecular complexity index is 1030. The predicted molar refractivity (Wildman–Crippen MR) is 116 cm³/mol. The average Bonchev–Trinajstić information content (AvgIpc) is 3.07. The van der Waals surface area contributed by atoms with Crippen LogP contribution in [0.3, 0.4) is 0 Å². The number of anilines is 1. The van der Waals surface area contributed by atoms with E-state index in [4.69, 9.17) is 0 Å². The molecule has 0 aromatic carbocycles. The van der Waals surface area contributed by atoms with Crippen LogP contribution in [0.1, 0.15) is 46.9 Å². The molecule has 2 saturated heterocycles. The Hall–Kier alpha value is -3.29. The zero-order valence-corrected chi connectivity index (χ0v) is 18.1. The number of amides is 3. The standard InChI is InChI=1S/C23H27N5O3/c1-4-23(12-19(29)26-22(23)31)18-6-5-17(14-24-18)21(30)28-9-7-27(8-10-28)20-16(3)11-15(2)13-25-20/h5-6,11,13-14H,4,7-10,12H2,1-3H3,(H,26,29,31). The number of pyridine rings is 2. The topological polar surface area (TPSA) is 95.5 Å². The Labute approximate surface area is 181 Å². The minimum atomic E-state index is -0.941. The van der Waals surface area contributed by atoms with Gasteiger partial charge in [-0.1, -0.05) is 13.0 Å². The highest BCUT2D eigenvalue weighted by molar-refractivity contribution is 6.08. The van der Waals surface area contributed by atoms with Gasteiger partial charge in [-0.15, -0.1) is 0 Å². The summed E-state index contributed by atoms with van der Waals surface area (Å²) >= 11 is 0. The molecule has 2 aromatic heterocycles. The maximum atomic E-state index is 13.0. The van der Waals surface area contributed by atoms with E-state index in [1.807, 2.05) is 24.9 Å². The first-order valence-electron chi connectivity index (χ1n) is 10.6. The van der Waals surface area contributed by atoms with Gasteiger partial charge in [0.25, 0.3) is 5.91 Å². The van der Waals surface area contributed by atoms with Crippen LogP contribution in [0.5, 0.6) is 0 Å². The number of hydrogen-bond acceptors (Lipinski definition) is 6. The molecule has 0 aliphatic carbocycles. The average molecular weight is 422 g/mol. The third-order valence-corrected chi connectivity index (χ3v) is 6.31. The summed E-state index contributed by atoms with van der Waals surface area (Å²) < 4.78 is 0. The second kappa shape index (κ2) is 8.09. The molecule has 2 fully saturated rings. The molecule has 0 spiro atoms. The van der Waals surface area contributed by atoms with Crippen molar-refractivity contribution in [1.29, 1.82) is 0 Å². The lowest BCUT2D eigenvalue weighted by Crippen LogP contribution is -2.49. The minimum Gasteiger partial charge on any atom is -0.353 e. The molecule has 8 heteroatoms. The molecule has 1 N–H and O–H groups in total. The van der Waals surface area contributed by atoms with Gasteiger partial charge in [0.1, 0.15) is 11.2 Å². The zero-order valence-electron chi connectivity index (χ0n) is 18.1. The van der Waals surface area contributed by atoms with Crippen molar-refractivity contribution in [1.82, 2.24) is 20.2 Å². The maximum Gasteiger partial charge on any atom is 0.255 e. The zero-order chi connectivity index (χ0) is 22.2. The molecule has 3 amide bonds. The van der Waals surface area contributed by atoms with Gasteiger partial charge in [0.2, 0.25) is 11.8 Å². The molecule has 0 bridgehead atoms. The quantitative estimate of drug-likeness (QED) is 0.756. The molecule has 8 nitrogen and oxygen atoms in total. The highest BCUT2D eigenvalue weighted by Gasteiger charge is 2.47. The molecular formula is C23H27N5O3. The number of hydrogen-bond donors (Lipinski definition) is 1. The molecule has 4 heterocycles. The monoisotopic (exact) mass is 421 g/mol. The van der Waals surface area contributed by atoms with E-state index in [0.29, 0.717) is 30.8 Å². The number of aryl methyl sites for hydroxylation is 2. The number of piperazine rings is 1. The Kier molecular flexibility index (Phi) is 5.47. The van der Waals surface area contributed by atoms with Crippen LogP contribution in [0.15, 0.2) is 30.6 Å². The lowest BCUT2D eigenvalue weighted by molar-refractivity contribution is -0.126.